The lowest BCUT2D eigenvalue weighted by molar-refractivity contribution is -0.145. The van der Waals surface area contributed by atoms with Gasteiger partial charge in [-0.05, 0) is 94.8 Å². The highest BCUT2D eigenvalue weighted by molar-refractivity contribution is 5.64. The van der Waals surface area contributed by atoms with Crippen molar-refractivity contribution in [1.29, 1.82) is 0 Å². The summed E-state index contributed by atoms with van der Waals surface area (Å²) in [7, 11) is 3.88. The fourth-order valence-corrected chi connectivity index (χ4v) is 4.59. The third kappa shape index (κ3) is 16.0. The first-order valence-electron chi connectivity index (χ1n) is 14.5. The van der Waals surface area contributed by atoms with E-state index in [4.69, 9.17) is 14.3 Å². The van der Waals surface area contributed by atoms with Gasteiger partial charge in [-0.1, -0.05) is 80.6 Å². The van der Waals surface area contributed by atoms with Gasteiger partial charge in [0.2, 0.25) is 0 Å². The van der Waals surface area contributed by atoms with Crippen LogP contribution in [0.4, 0.5) is 0 Å². The van der Waals surface area contributed by atoms with Crippen LogP contribution in [-0.2, 0) is 20.7 Å². The van der Waals surface area contributed by atoms with Crippen molar-refractivity contribution in [3.05, 3.63) is 83.9 Å². The molecule has 1 N–H and O–H groups in total. The van der Waals surface area contributed by atoms with Crippen LogP contribution >= 0.6 is 0 Å². The smallest absolute Gasteiger partial charge is 0.157 e. The number of terminal acetylenes is 1. The fourth-order valence-electron chi connectivity index (χ4n) is 4.59. The van der Waals surface area contributed by atoms with Gasteiger partial charge in [0, 0.05) is 25.5 Å². The first-order chi connectivity index (χ1) is 19.8. The maximum atomic E-state index is 8.00. The van der Waals surface area contributed by atoms with Gasteiger partial charge in [0.1, 0.15) is 6.79 Å². The van der Waals surface area contributed by atoms with E-state index in [1.807, 2.05) is 25.8 Å². The van der Waals surface area contributed by atoms with E-state index < -0.39 is 0 Å². The number of hydrogen-bond donors (Lipinski definition) is 1. The van der Waals surface area contributed by atoms with Crippen molar-refractivity contribution in [3.63, 3.8) is 0 Å². The summed E-state index contributed by atoms with van der Waals surface area (Å²) in [6.07, 6.45) is 16.4. The summed E-state index contributed by atoms with van der Waals surface area (Å²) in [6.45, 7) is 19.7. The van der Waals surface area contributed by atoms with Crippen molar-refractivity contribution in [1.82, 2.24) is 10.2 Å². The van der Waals surface area contributed by atoms with Crippen molar-refractivity contribution in [2.24, 2.45) is 0 Å². The fraction of sp³-hybridized carbons (Fsp3) is 0.472. The molecule has 0 spiro atoms. The highest BCUT2D eigenvalue weighted by Crippen LogP contribution is 2.17. The monoisotopic (exact) mass is 562 g/mol. The number of nitrogens with one attached hydrogen (secondary N) is 1. The first-order valence-corrected chi connectivity index (χ1v) is 14.5. The quantitative estimate of drug-likeness (QED) is 0.353. The molecule has 0 bridgehead atoms. The van der Waals surface area contributed by atoms with Crippen molar-refractivity contribution in [2.75, 3.05) is 33.9 Å². The Morgan fingerprint density at radius 1 is 1.02 bits per heavy atom. The van der Waals surface area contributed by atoms with Crippen LogP contribution in [0.5, 0.6) is 0 Å². The number of hydrogen-bond acceptors (Lipinski definition) is 5. The molecule has 2 aromatic carbocycles. The van der Waals surface area contributed by atoms with Crippen molar-refractivity contribution in [2.45, 2.75) is 78.0 Å². The average Bonchev–Trinajstić information content (AvgIpc) is 3.02. The number of carbonyl (C=O) groups is 1. The summed E-state index contributed by atoms with van der Waals surface area (Å²) in [5.74, 6) is 0. The summed E-state index contributed by atoms with van der Waals surface area (Å²) >= 11 is 0. The molecule has 226 valence electrons. The van der Waals surface area contributed by atoms with Crippen LogP contribution in [0.25, 0.3) is 11.3 Å². The predicted molar refractivity (Wildman–Crippen MR) is 177 cm³/mol. The molecule has 0 saturated carbocycles. The maximum absolute atomic E-state index is 8.00. The van der Waals surface area contributed by atoms with E-state index in [1.54, 1.807) is 7.11 Å². The largest absolute Gasteiger partial charge is 0.382 e. The van der Waals surface area contributed by atoms with Crippen LogP contribution in [0.2, 0.25) is 0 Å². The number of carbonyl (C=O) groups excluding carboxylic acids is 1. The van der Waals surface area contributed by atoms with Gasteiger partial charge >= 0.3 is 0 Å². The van der Waals surface area contributed by atoms with Gasteiger partial charge in [-0.15, -0.1) is 12.8 Å². The molecule has 1 unspecified atom stereocenters. The molecule has 4 rings (SSSR count). The number of rotatable bonds is 7. The lowest BCUT2D eigenvalue weighted by Gasteiger charge is -2.30. The lowest BCUT2D eigenvalue weighted by Crippen LogP contribution is -2.39. The van der Waals surface area contributed by atoms with Gasteiger partial charge in [-0.2, -0.15) is 0 Å². The molecule has 0 amide bonds. The molecule has 5 nitrogen and oxygen atoms in total. The third-order valence-corrected chi connectivity index (χ3v) is 6.94. The predicted octanol–water partition coefficient (Wildman–Crippen LogP) is 7.55. The number of ether oxygens (including phenoxy) is 2. The van der Waals surface area contributed by atoms with Gasteiger partial charge in [0.15, 0.2) is 6.29 Å². The van der Waals surface area contributed by atoms with E-state index in [2.05, 4.69) is 93.5 Å². The molecule has 2 aliphatic rings. The summed E-state index contributed by atoms with van der Waals surface area (Å²) in [5.41, 5.74) is 7.41. The topological polar surface area (TPSA) is 50.8 Å². The lowest BCUT2D eigenvalue weighted by atomic mass is 10.0. The van der Waals surface area contributed by atoms with Crippen LogP contribution in [0.3, 0.4) is 0 Å². The standard InChI is InChI=1S/C17H26N2.C10H12.C6H12O2.C2H2.CH2O/c1-4-5-15-6-8-16(9-7-15)14(2)18-17-10-12-19(3)13-11-17;1-8(2)10-7-5-4-6-9(10)3;1-7-6-4-2-3-5-8-6;2*1-2/h6-9,17-18H,2,4-5,10-13H2,1,3H3;4-7H,1H2,2-3H3;6H,2-5H2,1H3;1-2H;1H2. The Bertz CT molecular complexity index is 985. The third-order valence-electron chi connectivity index (χ3n) is 6.94. The van der Waals surface area contributed by atoms with Gasteiger partial charge in [0.05, 0.1) is 0 Å². The van der Waals surface area contributed by atoms with Crippen molar-refractivity contribution < 1.29 is 14.3 Å². The number of piperidine rings is 1. The van der Waals surface area contributed by atoms with Gasteiger partial charge < -0.3 is 24.5 Å². The molecule has 2 aliphatic heterocycles. The van der Waals surface area contributed by atoms with E-state index >= 15 is 0 Å². The average molecular weight is 563 g/mol. The zero-order chi connectivity index (χ0) is 31.0. The second-order valence-corrected chi connectivity index (χ2v) is 10.3. The Morgan fingerprint density at radius 3 is 2.07 bits per heavy atom. The van der Waals surface area contributed by atoms with Gasteiger partial charge in [0.25, 0.3) is 0 Å². The van der Waals surface area contributed by atoms with Crippen molar-refractivity contribution >= 4 is 18.1 Å². The zero-order valence-corrected chi connectivity index (χ0v) is 26.3. The SMILES string of the molecule is C#C.C=C(C)c1ccccc1C.C=C(NC1CCN(C)CC1)c1ccc(CCC)cc1.C=O.COC1CCCCO1. The summed E-state index contributed by atoms with van der Waals surface area (Å²) in [5, 5.41) is 3.59. The van der Waals surface area contributed by atoms with Crippen LogP contribution in [0.1, 0.15) is 74.6 Å². The van der Waals surface area contributed by atoms with E-state index in [9.17, 15) is 0 Å². The molecular weight excluding hydrogens is 508 g/mol. The Kier molecular flexibility index (Phi) is 21.7. The highest BCUT2D eigenvalue weighted by Gasteiger charge is 2.16. The molecule has 0 radical (unpaired) electrons. The Hall–Kier alpha value is -3.17. The van der Waals surface area contributed by atoms with Gasteiger partial charge in [-0.25, -0.2) is 0 Å². The Morgan fingerprint density at radius 2 is 1.63 bits per heavy atom. The van der Waals surface area contributed by atoms with E-state index in [0.29, 0.717) is 6.04 Å². The Balaban J connectivity index is 0.000000610. The second kappa shape index (κ2) is 23.5. The molecule has 2 fully saturated rings. The van der Waals surface area contributed by atoms with Crippen molar-refractivity contribution in [3.8, 4) is 12.8 Å². The highest BCUT2D eigenvalue weighted by atomic mass is 16.7. The van der Waals surface area contributed by atoms with Crippen LogP contribution < -0.4 is 5.32 Å². The summed E-state index contributed by atoms with van der Waals surface area (Å²) in [4.78, 5) is 10.4. The van der Waals surface area contributed by atoms with Crippen LogP contribution in [-0.4, -0.2) is 57.9 Å². The molecule has 2 aromatic rings. The molecule has 41 heavy (non-hydrogen) atoms. The minimum absolute atomic E-state index is 0.0868. The van der Waals surface area contributed by atoms with Gasteiger partial charge in [-0.3, -0.25) is 0 Å². The molecule has 0 aliphatic carbocycles. The maximum Gasteiger partial charge on any atom is 0.157 e. The number of aryl methyl sites for hydroxylation is 2. The Labute approximate surface area is 251 Å². The second-order valence-electron chi connectivity index (χ2n) is 10.3. The van der Waals surface area contributed by atoms with E-state index in [-0.39, 0.29) is 6.29 Å². The number of nitrogens with zero attached hydrogens (tertiary/aromatic N) is 1. The molecule has 2 saturated heterocycles. The molecule has 1 atom stereocenters. The summed E-state index contributed by atoms with van der Waals surface area (Å²) < 4.78 is 10.2. The number of methoxy groups -OCH3 is 1. The normalized spacial score (nSPS) is 16.4. The molecule has 2 heterocycles. The van der Waals surface area contributed by atoms with E-state index in [0.717, 1.165) is 30.7 Å². The minimum atomic E-state index is 0.0868. The molecule has 0 aromatic heterocycles. The molecule has 5 heteroatoms. The minimum Gasteiger partial charge on any atom is -0.382 e. The number of benzene rings is 2. The number of likely N-dealkylation sites (tertiary alicyclic amines) is 1. The summed E-state index contributed by atoms with van der Waals surface area (Å²) in [6, 6.07) is 17.7. The van der Waals surface area contributed by atoms with Crippen LogP contribution in [0.15, 0.2) is 61.7 Å². The van der Waals surface area contributed by atoms with E-state index in [1.165, 1.54) is 67.4 Å². The number of allylic oxidation sites excluding steroid dienone is 1. The molecular formula is C36H54N2O3. The zero-order valence-electron chi connectivity index (χ0n) is 26.3. The van der Waals surface area contributed by atoms with Crippen LogP contribution in [0, 0.1) is 19.8 Å². The first kappa shape index (κ1) is 37.8.